The molecule has 0 aliphatic carbocycles. The van der Waals surface area contributed by atoms with Gasteiger partial charge in [0.15, 0.2) is 0 Å². The minimum atomic E-state index is -1.27. The van der Waals surface area contributed by atoms with E-state index in [9.17, 15) is 14.7 Å². The smallest absolute Gasteiger partial charge is 0.268 e. The third kappa shape index (κ3) is 7.31. The van der Waals surface area contributed by atoms with Crippen LogP contribution in [0.3, 0.4) is 0 Å². The standard InChI is InChI=1S/C24H28N4O4.CH4/c1-17(29)22(24(31)27-32)26-23(30)20-11-8-18(9-12-20)6-7-19-10-13-21(25-16-19)28-14-4-2-3-5-15-28;/h8-13,16-17,22,29,32H,2-5,14-15H2,1H3,(H,26,30)(H,27,31);1H4/t17-,22+;/m1./s1. The zero-order valence-corrected chi connectivity index (χ0v) is 18.0. The molecule has 2 heterocycles. The van der Waals surface area contributed by atoms with Gasteiger partial charge >= 0.3 is 0 Å². The number of aliphatic hydroxyl groups is 1. The first-order chi connectivity index (χ1) is 15.5. The summed E-state index contributed by atoms with van der Waals surface area (Å²) in [6.45, 7) is 3.43. The number of nitrogens with zero attached hydrogens (tertiary/aromatic N) is 2. The van der Waals surface area contributed by atoms with Crippen molar-refractivity contribution in [1.82, 2.24) is 15.8 Å². The first-order valence-electron chi connectivity index (χ1n) is 10.7. The lowest BCUT2D eigenvalue weighted by Crippen LogP contribution is -2.51. The number of aliphatic hydroxyl groups excluding tert-OH is 1. The Bertz CT molecular complexity index is 970. The van der Waals surface area contributed by atoms with E-state index in [-0.39, 0.29) is 7.43 Å². The molecule has 2 atom stereocenters. The number of carbonyl (C=O) groups is 2. The van der Waals surface area contributed by atoms with Crippen LogP contribution in [0.4, 0.5) is 5.82 Å². The molecule has 0 spiro atoms. The van der Waals surface area contributed by atoms with Crippen molar-refractivity contribution in [3.05, 3.63) is 59.3 Å². The number of rotatable bonds is 5. The van der Waals surface area contributed by atoms with Crippen molar-refractivity contribution in [1.29, 1.82) is 0 Å². The highest BCUT2D eigenvalue weighted by molar-refractivity contribution is 5.97. The molecule has 0 unspecified atom stereocenters. The van der Waals surface area contributed by atoms with E-state index in [1.54, 1.807) is 30.5 Å². The Balaban J connectivity index is 0.00000385. The molecule has 4 N–H and O–H groups in total. The third-order valence-electron chi connectivity index (χ3n) is 5.34. The number of aromatic nitrogens is 1. The Kier molecular flexibility index (Phi) is 9.85. The summed E-state index contributed by atoms with van der Waals surface area (Å²) in [5, 5.41) is 20.7. The molecule has 0 radical (unpaired) electrons. The fourth-order valence-corrected chi connectivity index (χ4v) is 3.50. The number of carbonyl (C=O) groups excluding carboxylic acids is 2. The molecule has 8 heteroatoms. The fraction of sp³-hybridized carbons (Fsp3) is 0.400. The number of anilines is 1. The van der Waals surface area contributed by atoms with Crippen molar-refractivity contribution in [3.63, 3.8) is 0 Å². The Morgan fingerprint density at radius 1 is 1.00 bits per heavy atom. The molecule has 1 aromatic carbocycles. The van der Waals surface area contributed by atoms with Gasteiger partial charge < -0.3 is 15.3 Å². The van der Waals surface area contributed by atoms with Gasteiger partial charge in [-0.25, -0.2) is 10.5 Å². The summed E-state index contributed by atoms with van der Waals surface area (Å²) < 4.78 is 0. The summed E-state index contributed by atoms with van der Waals surface area (Å²) in [7, 11) is 0. The molecule has 8 nitrogen and oxygen atoms in total. The molecule has 0 saturated carbocycles. The lowest BCUT2D eigenvalue weighted by Gasteiger charge is -2.21. The van der Waals surface area contributed by atoms with Crippen molar-refractivity contribution >= 4 is 17.6 Å². The molecular weight excluding hydrogens is 420 g/mol. The maximum absolute atomic E-state index is 12.3. The van der Waals surface area contributed by atoms with Crippen LogP contribution in [-0.4, -0.2) is 52.3 Å². The molecule has 1 fully saturated rings. The maximum Gasteiger partial charge on any atom is 0.268 e. The van der Waals surface area contributed by atoms with E-state index < -0.39 is 24.0 Å². The van der Waals surface area contributed by atoms with Gasteiger partial charge in [0.05, 0.1) is 6.10 Å². The minimum absolute atomic E-state index is 0. The Morgan fingerprint density at radius 2 is 1.61 bits per heavy atom. The summed E-state index contributed by atoms with van der Waals surface area (Å²) in [5.74, 6) is 5.67. The largest absolute Gasteiger partial charge is 0.391 e. The molecule has 3 rings (SSSR count). The summed E-state index contributed by atoms with van der Waals surface area (Å²) >= 11 is 0. The zero-order chi connectivity index (χ0) is 22.9. The molecule has 33 heavy (non-hydrogen) atoms. The molecule has 0 bridgehead atoms. The van der Waals surface area contributed by atoms with Gasteiger partial charge in [-0.2, -0.15) is 0 Å². The number of hydrogen-bond donors (Lipinski definition) is 4. The molecule has 1 saturated heterocycles. The minimum Gasteiger partial charge on any atom is -0.391 e. The quantitative estimate of drug-likeness (QED) is 0.315. The molecule has 2 aromatic rings. The average molecular weight is 453 g/mol. The second-order valence-electron chi connectivity index (χ2n) is 7.80. The SMILES string of the molecule is C.C[C@@H](O)[C@H](NC(=O)c1ccc(C#Cc2ccc(N3CCCCCC3)nc2)cc1)C(=O)NO. The number of pyridine rings is 1. The van der Waals surface area contributed by atoms with Crippen LogP contribution in [0, 0.1) is 11.8 Å². The number of hydrogen-bond acceptors (Lipinski definition) is 6. The van der Waals surface area contributed by atoms with Gasteiger partial charge in [0.2, 0.25) is 0 Å². The van der Waals surface area contributed by atoms with Crippen LogP contribution < -0.4 is 15.7 Å². The topological polar surface area (TPSA) is 115 Å². The van der Waals surface area contributed by atoms with Gasteiger partial charge in [-0.3, -0.25) is 14.8 Å². The van der Waals surface area contributed by atoms with Crippen LogP contribution in [0.2, 0.25) is 0 Å². The molecule has 1 aromatic heterocycles. The second-order valence-corrected chi connectivity index (χ2v) is 7.80. The first-order valence-corrected chi connectivity index (χ1v) is 10.7. The van der Waals surface area contributed by atoms with Crippen molar-refractivity contribution in [2.75, 3.05) is 18.0 Å². The predicted molar refractivity (Wildman–Crippen MR) is 127 cm³/mol. The van der Waals surface area contributed by atoms with E-state index in [0.29, 0.717) is 5.56 Å². The van der Waals surface area contributed by atoms with Crippen LogP contribution in [0.1, 0.15) is 61.5 Å². The van der Waals surface area contributed by atoms with Crippen LogP contribution >= 0.6 is 0 Å². The van der Waals surface area contributed by atoms with Gasteiger partial charge in [0.1, 0.15) is 11.9 Å². The molecule has 176 valence electrons. The highest BCUT2D eigenvalue weighted by atomic mass is 16.5. The summed E-state index contributed by atoms with van der Waals surface area (Å²) in [5.41, 5.74) is 3.26. The zero-order valence-electron chi connectivity index (χ0n) is 18.0. The second kappa shape index (κ2) is 12.6. The normalized spacial score (nSPS) is 15.1. The van der Waals surface area contributed by atoms with Crippen molar-refractivity contribution in [2.45, 2.75) is 52.2 Å². The van der Waals surface area contributed by atoms with E-state index in [2.05, 4.69) is 27.0 Å². The molecular formula is C25H32N4O4. The third-order valence-corrected chi connectivity index (χ3v) is 5.34. The average Bonchev–Trinajstić information content (AvgIpc) is 3.10. The summed E-state index contributed by atoms with van der Waals surface area (Å²) in [6.07, 6.45) is 5.56. The van der Waals surface area contributed by atoms with Gasteiger partial charge in [0, 0.05) is 36.0 Å². The van der Waals surface area contributed by atoms with E-state index in [1.807, 2.05) is 12.1 Å². The maximum atomic E-state index is 12.3. The van der Waals surface area contributed by atoms with Gasteiger partial charge in [-0.05, 0) is 56.2 Å². The highest BCUT2D eigenvalue weighted by Crippen LogP contribution is 2.17. The molecule has 1 aliphatic heterocycles. The van der Waals surface area contributed by atoms with Gasteiger partial charge in [-0.1, -0.05) is 32.1 Å². The predicted octanol–water partition coefficient (Wildman–Crippen LogP) is 2.48. The lowest BCUT2D eigenvalue weighted by atomic mass is 10.1. The van der Waals surface area contributed by atoms with Crippen molar-refractivity contribution in [3.8, 4) is 11.8 Å². The van der Waals surface area contributed by atoms with E-state index >= 15 is 0 Å². The van der Waals surface area contributed by atoms with Crippen molar-refractivity contribution < 1.29 is 19.9 Å². The number of amides is 2. The van der Waals surface area contributed by atoms with E-state index in [0.717, 1.165) is 30.0 Å². The van der Waals surface area contributed by atoms with E-state index in [4.69, 9.17) is 5.21 Å². The monoisotopic (exact) mass is 452 g/mol. The van der Waals surface area contributed by atoms with Crippen molar-refractivity contribution in [2.24, 2.45) is 0 Å². The van der Waals surface area contributed by atoms with Crippen LogP contribution in [0.25, 0.3) is 0 Å². The van der Waals surface area contributed by atoms with Gasteiger partial charge in [-0.15, -0.1) is 0 Å². The summed E-state index contributed by atoms with van der Waals surface area (Å²) in [6, 6.07) is 9.26. The molecule has 1 aliphatic rings. The van der Waals surface area contributed by atoms with Gasteiger partial charge in [0.25, 0.3) is 11.8 Å². The Hall–Kier alpha value is -3.41. The first kappa shape index (κ1) is 25.8. The van der Waals surface area contributed by atoms with E-state index in [1.165, 1.54) is 38.1 Å². The Labute approximate surface area is 195 Å². The lowest BCUT2D eigenvalue weighted by molar-refractivity contribution is -0.133. The number of nitrogens with one attached hydrogen (secondary N) is 2. The number of benzene rings is 1. The fourth-order valence-electron chi connectivity index (χ4n) is 3.50. The Morgan fingerprint density at radius 3 is 2.15 bits per heavy atom. The number of hydroxylamine groups is 1. The van der Waals surface area contributed by atoms with Crippen LogP contribution in [-0.2, 0) is 4.79 Å². The van der Waals surface area contributed by atoms with Crippen LogP contribution in [0.15, 0.2) is 42.6 Å². The van der Waals surface area contributed by atoms with Crippen LogP contribution in [0.5, 0.6) is 0 Å². The highest BCUT2D eigenvalue weighted by Gasteiger charge is 2.25. The summed E-state index contributed by atoms with van der Waals surface area (Å²) in [4.78, 5) is 30.8. The molecule has 2 amide bonds.